The first-order chi connectivity index (χ1) is 9.13. The third kappa shape index (κ3) is 2.00. The molecule has 0 spiro atoms. The second-order valence-corrected chi connectivity index (χ2v) is 5.25. The number of aliphatic hydroxyl groups is 1. The Hall–Kier alpha value is -1.88. The number of amides is 1. The third-order valence-corrected chi connectivity index (χ3v) is 3.65. The highest BCUT2D eigenvalue weighted by Gasteiger charge is 2.43. The number of nitrogens with zero attached hydrogens (tertiary/aromatic N) is 2. The van der Waals surface area contributed by atoms with Gasteiger partial charge in [0.25, 0.3) is 5.91 Å². The molecule has 0 bridgehead atoms. The van der Waals surface area contributed by atoms with Crippen LogP contribution in [-0.4, -0.2) is 44.8 Å². The molecule has 19 heavy (non-hydrogen) atoms. The maximum Gasteiger partial charge on any atom is 0.275 e. The van der Waals surface area contributed by atoms with Gasteiger partial charge in [0.2, 0.25) is 0 Å². The van der Waals surface area contributed by atoms with Crippen molar-refractivity contribution in [1.29, 1.82) is 0 Å². The summed E-state index contributed by atoms with van der Waals surface area (Å²) in [5.41, 5.74) is 0.598. The van der Waals surface area contributed by atoms with Gasteiger partial charge in [-0.1, -0.05) is 31.5 Å². The van der Waals surface area contributed by atoms with E-state index in [0.29, 0.717) is 18.8 Å². The van der Waals surface area contributed by atoms with Gasteiger partial charge < -0.3 is 10.0 Å². The predicted octanol–water partition coefficient (Wildman–Crippen LogP) is 1.55. The second kappa shape index (κ2) is 4.35. The number of benzene rings is 1. The Balaban J connectivity index is 1.79. The lowest BCUT2D eigenvalue weighted by Crippen LogP contribution is -2.63. The molecule has 3 rings (SSSR count). The molecule has 5 nitrogen and oxygen atoms in total. The zero-order chi connectivity index (χ0) is 13.5. The number of hydrogen-bond donors (Lipinski definition) is 2. The molecule has 1 aliphatic heterocycles. The quantitative estimate of drug-likeness (QED) is 0.878. The zero-order valence-corrected chi connectivity index (χ0v) is 10.9. The zero-order valence-electron chi connectivity index (χ0n) is 10.9. The van der Waals surface area contributed by atoms with Gasteiger partial charge in [-0.25, -0.2) is 0 Å². The highest BCUT2D eigenvalue weighted by Crippen LogP contribution is 2.28. The first kappa shape index (κ1) is 12.2. The summed E-state index contributed by atoms with van der Waals surface area (Å²) in [6.07, 6.45) is 1.65. The molecule has 1 aromatic carbocycles. The van der Waals surface area contributed by atoms with Crippen LogP contribution in [0, 0.1) is 0 Å². The molecule has 1 saturated heterocycles. The van der Waals surface area contributed by atoms with E-state index in [0.717, 1.165) is 23.7 Å². The summed E-state index contributed by atoms with van der Waals surface area (Å²) in [5.74, 6) is -0.113. The molecule has 0 aliphatic carbocycles. The Morgan fingerprint density at radius 1 is 1.47 bits per heavy atom. The smallest absolute Gasteiger partial charge is 0.275 e. The number of nitrogens with one attached hydrogen (secondary N) is 1. The lowest BCUT2D eigenvalue weighted by Gasteiger charge is -2.46. The van der Waals surface area contributed by atoms with E-state index in [-0.39, 0.29) is 5.91 Å². The van der Waals surface area contributed by atoms with E-state index in [9.17, 15) is 9.90 Å². The average Bonchev–Trinajstić information content (AvgIpc) is 2.79. The van der Waals surface area contributed by atoms with Crippen LogP contribution in [0.5, 0.6) is 0 Å². The maximum atomic E-state index is 12.3. The largest absolute Gasteiger partial charge is 0.386 e. The van der Waals surface area contributed by atoms with Crippen LogP contribution in [0.25, 0.3) is 10.9 Å². The Morgan fingerprint density at radius 2 is 2.21 bits per heavy atom. The van der Waals surface area contributed by atoms with E-state index < -0.39 is 5.60 Å². The van der Waals surface area contributed by atoms with E-state index in [2.05, 4.69) is 10.2 Å². The second-order valence-electron chi connectivity index (χ2n) is 5.25. The number of hydrogen-bond acceptors (Lipinski definition) is 3. The number of H-pyrrole nitrogens is 1. The SMILES string of the molecule is CCCC1(O)CN(C(=O)c2n[nH]c3ccccc23)C1. The average molecular weight is 259 g/mol. The molecule has 1 amide bonds. The molecule has 100 valence electrons. The van der Waals surface area contributed by atoms with Gasteiger partial charge in [-0.15, -0.1) is 0 Å². The molecule has 0 saturated carbocycles. The number of rotatable bonds is 3. The highest BCUT2D eigenvalue weighted by atomic mass is 16.3. The summed E-state index contributed by atoms with van der Waals surface area (Å²) in [7, 11) is 0. The monoisotopic (exact) mass is 259 g/mol. The number of para-hydroxylation sites is 1. The number of β-amino-alcohol motifs (C(OH)–C–C–N with tert-alkyl or cyclic N) is 1. The van der Waals surface area contributed by atoms with Gasteiger partial charge in [-0.2, -0.15) is 5.10 Å². The summed E-state index contributed by atoms with van der Waals surface area (Å²) in [6, 6.07) is 7.56. The Labute approximate surface area is 111 Å². The van der Waals surface area contributed by atoms with Crippen LogP contribution < -0.4 is 0 Å². The van der Waals surface area contributed by atoms with Crippen molar-refractivity contribution in [1.82, 2.24) is 15.1 Å². The van der Waals surface area contributed by atoms with Gasteiger partial charge in [-0.3, -0.25) is 9.89 Å². The van der Waals surface area contributed by atoms with Crippen molar-refractivity contribution < 1.29 is 9.90 Å². The summed E-state index contributed by atoms with van der Waals surface area (Å²) >= 11 is 0. The van der Waals surface area contributed by atoms with Crippen molar-refractivity contribution in [2.24, 2.45) is 0 Å². The summed E-state index contributed by atoms with van der Waals surface area (Å²) in [5, 5.41) is 17.9. The van der Waals surface area contributed by atoms with Crippen molar-refractivity contribution in [3.05, 3.63) is 30.0 Å². The van der Waals surface area contributed by atoms with Crippen LogP contribution in [0.1, 0.15) is 30.3 Å². The number of carbonyl (C=O) groups excluding carboxylic acids is 1. The lowest BCUT2D eigenvalue weighted by atomic mass is 9.89. The molecule has 5 heteroatoms. The van der Waals surface area contributed by atoms with E-state index in [1.165, 1.54) is 0 Å². The summed E-state index contributed by atoms with van der Waals surface area (Å²) in [4.78, 5) is 14.0. The van der Waals surface area contributed by atoms with Crippen LogP contribution in [0.4, 0.5) is 0 Å². The topological polar surface area (TPSA) is 69.2 Å². The van der Waals surface area contributed by atoms with Crippen molar-refractivity contribution in [2.45, 2.75) is 25.4 Å². The van der Waals surface area contributed by atoms with E-state index in [4.69, 9.17) is 0 Å². The number of carbonyl (C=O) groups is 1. The number of fused-ring (bicyclic) bond motifs is 1. The van der Waals surface area contributed by atoms with Gasteiger partial charge >= 0.3 is 0 Å². The fourth-order valence-electron chi connectivity index (χ4n) is 2.71. The molecule has 1 aliphatic rings. The van der Waals surface area contributed by atoms with Crippen molar-refractivity contribution >= 4 is 16.8 Å². The van der Waals surface area contributed by atoms with Gasteiger partial charge in [-0.05, 0) is 12.5 Å². The molecule has 2 N–H and O–H groups in total. The normalized spacial score (nSPS) is 17.5. The minimum atomic E-state index is -0.698. The Kier molecular flexibility index (Phi) is 2.78. The molecule has 0 atom stereocenters. The highest BCUT2D eigenvalue weighted by molar-refractivity contribution is 6.04. The van der Waals surface area contributed by atoms with Crippen molar-refractivity contribution in [2.75, 3.05) is 13.1 Å². The first-order valence-electron chi connectivity index (χ1n) is 6.58. The van der Waals surface area contributed by atoms with E-state index in [1.54, 1.807) is 4.90 Å². The fourth-order valence-corrected chi connectivity index (χ4v) is 2.71. The maximum absolute atomic E-state index is 12.3. The lowest BCUT2D eigenvalue weighted by molar-refractivity contribution is -0.0861. The predicted molar refractivity (Wildman–Crippen MR) is 71.9 cm³/mol. The minimum Gasteiger partial charge on any atom is -0.386 e. The molecule has 0 unspecified atom stereocenters. The van der Waals surface area contributed by atoms with Gasteiger partial charge in [0.15, 0.2) is 5.69 Å². The molecular weight excluding hydrogens is 242 g/mol. The standard InChI is InChI=1S/C14H17N3O2/c1-2-7-14(19)8-17(9-14)13(18)12-10-5-3-4-6-11(10)15-16-12/h3-6,19H,2,7-9H2,1H3,(H,15,16). The van der Waals surface area contributed by atoms with Crippen molar-refractivity contribution in [3.63, 3.8) is 0 Å². The number of likely N-dealkylation sites (tertiary alicyclic amines) is 1. The van der Waals surface area contributed by atoms with Gasteiger partial charge in [0, 0.05) is 5.39 Å². The van der Waals surface area contributed by atoms with Crippen LogP contribution in [0.15, 0.2) is 24.3 Å². The summed E-state index contributed by atoms with van der Waals surface area (Å²) in [6.45, 7) is 2.84. The molecular formula is C14H17N3O2. The van der Waals surface area contributed by atoms with E-state index >= 15 is 0 Å². The molecule has 0 radical (unpaired) electrons. The van der Waals surface area contributed by atoms with Crippen LogP contribution in [-0.2, 0) is 0 Å². The molecule has 1 aromatic heterocycles. The fraction of sp³-hybridized carbons (Fsp3) is 0.429. The Morgan fingerprint density at radius 3 is 2.95 bits per heavy atom. The van der Waals surface area contributed by atoms with Crippen LogP contribution in [0.2, 0.25) is 0 Å². The molecule has 2 aromatic rings. The number of aromatic amines is 1. The van der Waals surface area contributed by atoms with Crippen LogP contribution >= 0.6 is 0 Å². The minimum absolute atomic E-state index is 0.113. The van der Waals surface area contributed by atoms with E-state index in [1.807, 2.05) is 31.2 Å². The number of aromatic nitrogens is 2. The molecule has 2 heterocycles. The van der Waals surface area contributed by atoms with Gasteiger partial charge in [0.1, 0.15) is 0 Å². The molecule has 1 fully saturated rings. The third-order valence-electron chi connectivity index (χ3n) is 3.65. The summed E-state index contributed by atoms with van der Waals surface area (Å²) < 4.78 is 0. The van der Waals surface area contributed by atoms with Crippen LogP contribution in [0.3, 0.4) is 0 Å². The van der Waals surface area contributed by atoms with Crippen molar-refractivity contribution in [3.8, 4) is 0 Å². The Bertz CT molecular complexity index is 614. The first-order valence-corrected chi connectivity index (χ1v) is 6.58. The van der Waals surface area contributed by atoms with Gasteiger partial charge in [0.05, 0.1) is 24.2 Å².